The number of hydrogen-bond acceptors (Lipinski definition) is 4. The SMILES string of the molecule is CC(Oc1ccccc1)C(=O)N1CCN(C(=O)OCc2ccccc2)CC1. The highest BCUT2D eigenvalue weighted by molar-refractivity contribution is 5.81. The van der Waals surface area contributed by atoms with Crippen LogP contribution in [-0.2, 0) is 16.1 Å². The van der Waals surface area contributed by atoms with Gasteiger partial charge >= 0.3 is 6.09 Å². The van der Waals surface area contributed by atoms with Crippen molar-refractivity contribution >= 4 is 12.0 Å². The summed E-state index contributed by atoms with van der Waals surface area (Å²) in [4.78, 5) is 28.1. The fraction of sp³-hybridized carbons (Fsp3) is 0.333. The van der Waals surface area contributed by atoms with Crippen LogP contribution < -0.4 is 4.74 Å². The molecule has 2 aromatic rings. The Morgan fingerprint density at radius 2 is 1.44 bits per heavy atom. The van der Waals surface area contributed by atoms with Gasteiger partial charge in [0, 0.05) is 26.2 Å². The van der Waals surface area contributed by atoms with Gasteiger partial charge in [-0.15, -0.1) is 0 Å². The van der Waals surface area contributed by atoms with E-state index in [9.17, 15) is 9.59 Å². The van der Waals surface area contributed by atoms with Crippen molar-refractivity contribution in [3.8, 4) is 5.75 Å². The fourth-order valence-electron chi connectivity index (χ4n) is 2.93. The summed E-state index contributed by atoms with van der Waals surface area (Å²) < 4.78 is 11.0. The molecule has 0 radical (unpaired) electrons. The topological polar surface area (TPSA) is 59.1 Å². The molecule has 1 aliphatic heterocycles. The van der Waals surface area contributed by atoms with Gasteiger partial charge in [0.25, 0.3) is 5.91 Å². The molecule has 1 aliphatic rings. The maximum atomic E-state index is 12.6. The summed E-state index contributed by atoms with van der Waals surface area (Å²) in [7, 11) is 0. The lowest BCUT2D eigenvalue weighted by Crippen LogP contribution is -2.53. The number of benzene rings is 2. The Bertz CT molecular complexity index is 743. The summed E-state index contributed by atoms with van der Waals surface area (Å²) in [6.45, 7) is 3.86. The third kappa shape index (κ3) is 5.23. The Balaban J connectivity index is 1.43. The molecule has 2 amide bonds. The number of para-hydroxylation sites is 1. The molecule has 1 fully saturated rings. The van der Waals surface area contributed by atoms with Crippen LogP contribution in [0.3, 0.4) is 0 Å². The Hall–Kier alpha value is -3.02. The number of piperazine rings is 1. The molecular formula is C21H24N2O4. The van der Waals surface area contributed by atoms with E-state index in [1.165, 1.54) is 0 Å². The molecular weight excluding hydrogens is 344 g/mol. The highest BCUT2D eigenvalue weighted by atomic mass is 16.6. The molecule has 1 atom stereocenters. The van der Waals surface area contributed by atoms with E-state index in [1.807, 2.05) is 60.7 Å². The van der Waals surface area contributed by atoms with Gasteiger partial charge in [0.1, 0.15) is 12.4 Å². The summed E-state index contributed by atoms with van der Waals surface area (Å²) in [6.07, 6.45) is -0.913. The van der Waals surface area contributed by atoms with Crippen LogP contribution in [0.1, 0.15) is 12.5 Å². The van der Waals surface area contributed by atoms with Crippen molar-refractivity contribution in [3.63, 3.8) is 0 Å². The van der Waals surface area contributed by atoms with E-state index < -0.39 is 6.10 Å². The summed E-state index contributed by atoms with van der Waals surface area (Å²) >= 11 is 0. The van der Waals surface area contributed by atoms with Gasteiger partial charge in [0.15, 0.2) is 6.10 Å². The summed E-state index contributed by atoms with van der Waals surface area (Å²) in [6, 6.07) is 18.8. The van der Waals surface area contributed by atoms with Crippen molar-refractivity contribution in [3.05, 3.63) is 66.2 Å². The molecule has 1 heterocycles. The zero-order valence-corrected chi connectivity index (χ0v) is 15.4. The highest BCUT2D eigenvalue weighted by Crippen LogP contribution is 2.13. The number of ether oxygens (including phenoxy) is 2. The molecule has 0 aromatic heterocycles. The van der Waals surface area contributed by atoms with Crippen molar-refractivity contribution in [1.82, 2.24) is 9.80 Å². The number of carbonyl (C=O) groups excluding carboxylic acids is 2. The smallest absolute Gasteiger partial charge is 0.410 e. The predicted molar refractivity (Wildman–Crippen MR) is 101 cm³/mol. The first kappa shape index (κ1) is 18.8. The van der Waals surface area contributed by atoms with Gasteiger partial charge in [-0.3, -0.25) is 4.79 Å². The van der Waals surface area contributed by atoms with E-state index in [-0.39, 0.29) is 18.6 Å². The molecule has 27 heavy (non-hydrogen) atoms. The van der Waals surface area contributed by atoms with Gasteiger partial charge < -0.3 is 19.3 Å². The number of amides is 2. The van der Waals surface area contributed by atoms with Crippen molar-refractivity contribution < 1.29 is 19.1 Å². The lowest BCUT2D eigenvalue weighted by atomic mass is 10.2. The van der Waals surface area contributed by atoms with Crippen LogP contribution in [0.25, 0.3) is 0 Å². The second-order valence-electron chi connectivity index (χ2n) is 6.43. The molecule has 0 spiro atoms. The lowest BCUT2D eigenvalue weighted by Gasteiger charge is -2.35. The van der Waals surface area contributed by atoms with E-state index in [2.05, 4.69) is 0 Å². The summed E-state index contributed by atoms with van der Waals surface area (Å²) in [5.41, 5.74) is 0.951. The molecule has 6 heteroatoms. The second kappa shape index (κ2) is 9.07. The number of hydrogen-bond donors (Lipinski definition) is 0. The van der Waals surface area contributed by atoms with E-state index in [0.717, 1.165) is 5.56 Å². The van der Waals surface area contributed by atoms with Crippen LogP contribution in [0.5, 0.6) is 5.75 Å². The van der Waals surface area contributed by atoms with Gasteiger partial charge in [-0.2, -0.15) is 0 Å². The molecule has 2 aromatic carbocycles. The first-order valence-electron chi connectivity index (χ1n) is 9.09. The van der Waals surface area contributed by atoms with Gasteiger partial charge in [0.05, 0.1) is 0 Å². The van der Waals surface area contributed by atoms with E-state index in [4.69, 9.17) is 9.47 Å². The molecule has 0 aliphatic carbocycles. The number of rotatable bonds is 5. The summed E-state index contributed by atoms with van der Waals surface area (Å²) in [5, 5.41) is 0. The lowest BCUT2D eigenvalue weighted by molar-refractivity contribution is -0.139. The van der Waals surface area contributed by atoms with E-state index >= 15 is 0 Å². The molecule has 1 saturated heterocycles. The van der Waals surface area contributed by atoms with Crippen LogP contribution in [0, 0.1) is 0 Å². The van der Waals surface area contributed by atoms with Crippen molar-refractivity contribution in [2.24, 2.45) is 0 Å². The largest absolute Gasteiger partial charge is 0.481 e. The van der Waals surface area contributed by atoms with Crippen LogP contribution in [0.4, 0.5) is 4.79 Å². The monoisotopic (exact) mass is 368 g/mol. The maximum Gasteiger partial charge on any atom is 0.410 e. The Morgan fingerprint density at radius 1 is 0.889 bits per heavy atom. The first-order chi connectivity index (χ1) is 13.1. The van der Waals surface area contributed by atoms with Crippen LogP contribution in [0.15, 0.2) is 60.7 Å². The first-order valence-corrected chi connectivity index (χ1v) is 9.09. The Kier molecular flexibility index (Phi) is 6.30. The molecule has 3 rings (SSSR count). The molecule has 6 nitrogen and oxygen atoms in total. The minimum Gasteiger partial charge on any atom is -0.481 e. The fourth-order valence-corrected chi connectivity index (χ4v) is 2.93. The van der Waals surface area contributed by atoms with Gasteiger partial charge in [0.2, 0.25) is 0 Å². The third-order valence-electron chi connectivity index (χ3n) is 4.46. The van der Waals surface area contributed by atoms with E-state index in [1.54, 1.807) is 16.7 Å². The highest BCUT2D eigenvalue weighted by Gasteiger charge is 2.28. The third-order valence-corrected chi connectivity index (χ3v) is 4.46. The second-order valence-corrected chi connectivity index (χ2v) is 6.43. The molecule has 0 N–H and O–H groups in total. The molecule has 1 unspecified atom stereocenters. The minimum atomic E-state index is -0.566. The maximum absolute atomic E-state index is 12.6. The zero-order valence-electron chi connectivity index (χ0n) is 15.4. The van der Waals surface area contributed by atoms with Gasteiger partial charge in [-0.1, -0.05) is 48.5 Å². The van der Waals surface area contributed by atoms with Crippen LogP contribution in [0.2, 0.25) is 0 Å². The Morgan fingerprint density at radius 3 is 2.07 bits per heavy atom. The van der Waals surface area contributed by atoms with Crippen LogP contribution >= 0.6 is 0 Å². The van der Waals surface area contributed by atoms with Crippen LogP contribution in [-0.4, -0.2) is 54.1 Å². The van der Waals surface area contributed by atoms with Crippen molar-refractivity contribution in [2.45, 2.75) is 19.6 Å². The molecule has 142 valence electrons. The van der Waals surface area contributed by atoms with E-state index in [0.29, 0.717) is 31.9 Å². The molecule has 0 saturated carbocycles. The van der Waals surface area contributed by atoms with Gasteiger partial charge in [-0.05, 0) is 24.6 Å². The average Bonchev–Trinajstić information content (AvgIpc) is 2.73. The zero-order chi connectivity index (χ0) is 19.1. The average molecular weight is 368 g/mol. The summed E-state index contributed by atoms with van der Waals surface area (Å²) in [5.74, 6) is 0.595. The van der Waals surface area contributed by atoms with Crippen molar-refractivity contribution in [2.75, 3.05) is 26.2 Å². The van der Waals surface area contributed by atoms with Gasteiger partial charge in [-0.25, -0.2) is 4.79 Å². The number of nitrogens with zero attached hydrogens (tertiary/aromatic N) is 2. The van der Waals surface area contributed by atoms with Crippen molar-refractivity contribution in [1.29, 1.82) is 0 Å². The molecule has 0 bridgehead atoms. The predicted octanol–water partition coefficient (Wildman–Crippen LogP) is 2.93. The Labute approximate surface area is 159 Å². The standard InChI is InChI=1S/C21H24N2O4/c1-17(27-19-10-6-3-7-11-19)20(24)22-12-14-23(15-13-22)21(25)26-16-18-8-4-2-5-9-18/h2-11,17H,12-16H2,1H3. The number of carbonyl (C=O) groups is 2. The normalized spacial score (nSPS) is 15.1. The quantitative estimate of drug-likeness (QED) is 0.814. The minimum absolute atomic E-state index is 0.0730.